The summed E-state index contributed by atoms with van der Waals surface area (Å²) in [4.78, 5) is 0. The molecular formula is C18H18O4. The highest BCUT2D eigenvalue weighted by molar-refractivity contribution is 5.64. The van der Waals surface area contributed by atoms with Gasteiger partial charge in [0.2, 0.25) is 0 Å². The predicted molar refractivity (Wildman–Crippen MR) is 81.6 cm³/mol. The summed E-state index contributed by atoms with van der Waals surface area (Å²) in [5.74, 6) is 0.895. The highest BCUT2D eigenvalue weighted by atomic mass is 16.8. The summed E-state index contributed by atoms with van der Waals surface area (Å²) in [5.41, 5.74) is 3.52. The highest BCUT2D eigenvalue weighted by Crippen LogP contribution is 2.24. The van der Waals surface area contributed by atoms with Gasteiger partial charge < -0.3 is 18.9 Å². The molecule has 0 amide bonds. The second-order valence-corrected chi connectivity index (χ2v) is 5.57. The maximum Gasteiger partial charge on any atom is 0.181 e. The number of rotatable bonds is 6. The van der Waals surface area contributed by atoms with Crippen molar-refractivity contribution in [1.29, 1.82) is 0 Å². The lowest BCUT2D eigenvalue weighted by molar-refractivity contribution is -0.0796. The Labute approximate surface area is 129 Å². The van der Waals surface area contributed by atoms with E-state index < -0.39 is 0 Å². The fourth-order valence-electron chi connectivity index (χ4n) is 2.32. The lowest BCUT2D eigenvalue weighted by Crippen LogP contribution is -2.38. The second kappa shape index (κ2) is 6.08. The van der Waals surface area contributed by atoms with Crippen molar-refractivity contribution in [3.63, 3.8) is 0 Å². The van der Waals surface area contributed by atoms with Gasteiger partial charge in [-0.1, -0.05) is 36.4 Å². The van der Waals surface area contributed by atoms with Gasteiger partial charge in [-0.05, 0) is 28.8 Å². The van der Waals surface area contributed by atoms with Gasteiger partial charge in [-0.2, -0.15) is 0 Å². The van der Waals surface area contributed by atoms with Crippen molar-refractivity contribution in [2.24, 2.45) is 0 Å². The molecule has 2 aromatic rings. The van der Waals surface area contributed by atoms with Crippen LogP contribution in [0.1, 0.15) is 5.56 Å². The van der Waals surface area contributed by atoms with Crippen molar-refractivity contribution >= 4 is 0 Å². The Balaban J connectivity index is 1.39. The first-order valence-corrected chi connectivity index (χ1v) is 7.54. The summed E-state index contributed by atoms with van der Waals surface area (Å²) in [6.07, 6.45) is 0.217. The van der Waals surface area contributed by atoms with Crippen LogP contribution >= 0.6 is 0 Å². The van der Waals surface area contributed by atoms with Gasteiger partial charge in [0.05, 0.1) is 19.8 Å². The molecule has 2 fully saturated rings. The molecule has 0 spiro atoms. The molecule has 2 aliphatic rings. The largest absolute Gasteiger partial charge is 0.486 e. The lowest BCUT2D eigenvalue weighted by Gasteiger charge is -2.26. The fourth-order valence-corrected chi connectivity index (χ4v) is 2.32. The predicted octanol–water partition coefficient (Wildman–Crippen LogP) is 3.00. The molecule has 0 aliphatic carbocycles. The Morgan fingerprint density at radius 1 is 0.864 bits per heavy atom. The number of hydrogen-bond acceptors (Lipinski definition) is 4. The van der Waals surface area contributed by atoms with Crippen LogP contribution in [0.3, 0.4) is 0 Å². The van der Waals surface area contributed by atoms with Crippen molar-refractivity contribution in [3.05, 3.63) is 54.1 Å². The number of ether oxygens (including phenoxy) is 4. The van der Waals surface area contributed by atoms with Crippen molar-refractivity contribution in [2.45, 2.75) is 19.0 Å². The van der Waals surface area contributed by atoms with E-state index >= 15 is 0 Å². The molecule has 0 aromatic heterocycles. The molecule has 0 saturated carbocycles. The van der Waals surface area contributed by atoms with E-state index in [1.54, 1.807) is 0 Å². The summed E-state index contributed by atoms with van der Waals surface area (Å²) < 4.78 is 21.4. The molecule has 2 aromatic carbocycles. The molecule has 114 valence electrons. The Morgan fingerprint density at radius 3 is 2.05 bits per heavy atom. The molecule has 1 unspecified atom stereocenters. The minimum absolute atomic E-state index is 0.00767. The molecule has 4 heteroatoms. The van der Waals surface area contributed by atoms with Crippen LogP contribution in [-0.2, 0) is 20.8 Å². The van der Waals surface area contributed by atoms with Crippen molar-refractivity contribution in [3.8, 4) is 16.9 Å². The summed E-state index contributed by atoms with van der Waals surface area (Å²) in [6, 6.07) is 16.6. The summed E-state index contributed by atoms with van der Waals surface area (Å²) in [7, 11) is 0. The van der Waals surface area contributed by atoms with Crippen molar-refractivity contribution in [1.82, 2.24) is 0 Å². The van der Waals surface area contributed by atoms with Gasteiger partial charge in [-0.25, -0.2) is 0 Å². The van der Waals surface area contributed by atoms with Crippen LogP contribution < -0.4 is 4.74 Å². The topological polar surface area (TPSA) is 40.2 Å². The molecule has 2 heterocycles. The number of hydrogen-bond donors (Lipinski definition) is 0. The van der Waals surface area contributed by atoms with Crippen LogP contribution in [0.15, 0.2) is 48.5 Å². The molecule has 4 rings (SSSR count). The average molecular weight is 298 g/mol. The van der Waals surface area contributed by atoms with Gasteiger partial charge in [0, 0.05) is 0 Å². The zero-order valence-electron chi connectivity index (χ0n) is 12.2. The Bertz CT molecular complexity index is 613. The zero-order valence-corrected chi connectivity index (χ0v) is 12.2. The van der Waals surface area contributed by atoms with Gasteiger partial charge >= 0.3 is 0 Å². The van der Waals surface area contributed by atoms with E-state index in [1.165, 1.54) is 11.1 Å². The molecule has 22 heavy (non-hydrogen) atoms. The van der Waals surface area contributed by atoms with E-state index in [-0.39, 0.29) is 12.4 Å². The van der Waals surface area contributed by atoms with Crippen LogP contribution in [0.2, 0.25) is 0 Å². The first-order chi connectivity index (χ1) is 10.9. The van der Waals surface area contributed by atoms with Crippen LogP contribution in [0, 0.1) is 0 Å². The summed E-state index contributed by atoms with van der Waals surface area (Å²) >= 11 is 0. The third-order valence-electron chi connectivity index (χ3n) is 3.79. The molecule has 0 radical (unpaired) electrons. The molecule has 1 atom stereocenters. The Kier molecular flexibility index (Phi) is 3.81. The molecule has 0 bridgehead atoms. The first-order valence-electron chi connectivity index (χ1n) is 7.54. The van der Waals surface area contributed by atoms with Crippen molar-refractivity contribution in [2.75, 3.05) is 19.8 Å². The minimum Gasteiger partial charge on any atom is -0.486 e. The average Bonchev–Trinajstić information content (AvgIpc) is 3.34. The standard InChI is InChI=1S/C18H18O4/c1-3-14(4-2-13(1)9-20-18-12-21-18)15-5-7-16(8-6-15)22-17-10-19-11-17/h1-8,17-18H,9-12H2. The van der Waals surface area contributed by atoms with E-state index in [4.69, 9.17) is 18.9 Å². The van der Waals surface area contributed by atoms with Crippen LogP contribution in [-0.4, -0.2) is 32.2 Å². The van der Waals surface area contributed by atoms with E-state index in [2.05, 4.69) is 36.4 Å². The molecule has 0 N–H and O–H groups in total. The van der Waals surface area contributed by atoms with Gasteiger partial charge in [0.15, 0.2) is 6.29 Å². The SMILES string of the molecule is c1cc(-c2ccc(OC3COC3)cc2)ccc1COC1CO1. The maximum atomic E-state index is 5.77. The quantitative estimate of drug-likeness (QED) is 0.769. The zero-order chi connectivity index (χ0) is 14.8. The van der Waals surface area contributed by atoms with E-state index in [9.17, 15) is 0 Å². The molecular weight excluding hydrogens is 280 g/mol. The monoisotopic (exact) mass is 298 g/mol. The third kappa shape index (κ3) is 3.30. The van der Waals surface area contributed by atoms with E-state index in [0.717, 1.165) is 17.9 Å². The fraction of sp³-hybridized carbons (Fsp3) is 0.333. The van der Waals surface area contributed by atoms with Gasteiger partial charge in [-0.15, -0.1) is 0 Å². The smallest absolute Gasteiger partial charge is 0.181 e. The van der Waals surface area contributed by atoms with Gasteiger partial charge in [-0.3, -0.25) is 0 Å². The molecule has 4 nitrogen and oxygen atoms in total. The normalized spacial score (nSPS) is 20.5. The highest BCUT2D eigenvalue weighted by Gasteiger charge is 2.22. The summed E-state index contributed by atoms with van der Waals surface area (Å²) in [6.45, 7) is 2.70. The second-order valence-electron chi connectivity index (χ2n) is 5.57. The van der Waals surface area contributed by atoms with Crippen LogP contribution in [0.5, 0.6) is 5.75 Å². The third-order valence-corrected chi connectivity index (χ3v) is 3.79. The first kappa shape index (κ1) is 13.8. The Hall–Kier alpha value is -1.88. The van der Waals surface area contributed by atoms with E-state index in [1.807, 2.05) is 12.1 Å². The number of benzene rings is 2. The van der Waals surface area contributed by atoms with Crippen LogP contribution in [0.4, 0.5) is 0 Å². The minimum atomic E-state index is 0.00767. The van der Waals surface area contributed by atoms with Gasteiger partial charge in [0.25, 0.3) is 0 Å². The summed E-state index contributed by atoms with van der Waals surface area (Å²) in [5, 5.41) is 0. The Morgan fingerprint density at radius 2 is 1.50 bits per heavy atom. The maximum absolute atomic E-state index is 5.77. The molecule has 2 aliphatic heterocycles. The van der Waals surface area contributed by atoms with Crippen LogP contribution in [0.25, 0.3) is 11.1 Å². The van der Waals surface area contributed by atoms with Crippen molar-refractivity contribution < 1.29 is 18.9 Å². The number of epoxide rings is 1. The molecule has 2 saturated heterocycles. The van der Waals surface area contributed by atoms with E-state index in [0.29, 0.717) is 19.8 Å². The van der Waals surface area contributed by atoms with Gasteiger partial charge in [0.1, 0.15) is 18.5 Å². The lowest BCUT2D eigenvalue weighted by atomic mass is 10.0.